The third-order valence-corrected chi connectivity index (χ3v) is 8.61. The smallest absolute Gasteiger partial charge is 0.222 e. The highest BCUT2D eigenvalue weighted by Crippen LogP contribution is 2.47. The summed E-state index contributed by atoms with van der Waals surface area (Å²) < 4.78 is 5.07. The largest absolute Gasteiger partial charge is 0.385 e. The number of rotatable bonds is 6. The van der Waals surface area contributed by atoms with Crippen LogP contribution in [0.25, 0.3) is 11.3 Å². The number of thiazole rings is 1. The van der Waals surface area contributed by atoms with Gasteiger partial charge in [0, 0.05) is 50.1 Å². The predicted octanol–water partition coefficient (Wildman–Crippen LogP) is 6.29. The first-order chi connectivity index (χ1) is 15.2. The van der Waals surface area contributed by atoms with Gasteiger partial charge in [-0.15, -0.1) is 11.3 Å². The molecule has 1 aliphatic carbocycles. The summed E-state index contributed by atoms with van der Waals surface area (Å²) in [7, 11) is 1.68. The zero-order valence-corrected chi connectivity index (χ0v) is 21.2. The van der Waals surface area contributed by atoms with Crippen LogP contribution in [-0.4, -0.2) is 42.6 Å². The highest BCUT2D eigenvalue weighted by Gasteiger charge is 2.37. The normalized spacial score (nSPS) is 20.2. The van der Waals surface area contributed by atoms with Crippen LogP contribution in [0.2, 0.25) is 0 Å². The number of hydrogen-bond donors (Lipinski definition) is 0. The van der Waals surface area contributed by atoms with Crippen molar-refractivity contribution in [3.8, 4) is 11.3 Å². The van der Waals surface area contributed by atoms with E-state index >= 15 is 0 Å². The lowest BCUT2D eigenvalue weighted by atomic mass is 9.63. The molecule has 2 heterocycles. The van der Waals surface area contributed by atoms with Crippen molar-refractivity contribution in [1.29, 1.82) is 0 Å². The summed E-state index contributed by atoms with van der Waals surface area (Å²) in [6.45, 7) is 11.8. The number of carbonyl (C=O) groups is 1. The van der Waals surface area contributed by atoms with Crippen LogP contribution in [0.15, 0.2) is 23.6 Å². The molecule has 2 aromatic rings. The Kier molecular flexibility index (Phi) is 6.78. The molecule has 1 aromatic carbocycles. The highest BCUT2D eigenvalue weighted by molar-refractivity contribution is 7.10. The third-order valence-electron chi connectivity index (χ3n) is 7.61. The van der Waals surface area contributed by atoms with Crippen molar-refractivity contribution in [3.05, 3.63) is 39.7 Å². The standard InChI is InChI=1S/C27H38N2O2S/c1-26(2)12-13-27(3,4)22-17-20(8-9-21(22)26)23-18-32-25(28-23)19-10-14-29(15-11-19)24(30)7-6-16-31-5/h8-9,17-19H,6-7,10-16H2,1-5H3. The monoisotopic (exact) mass is 454 g/mol. The second kappa shape index (κ2) is 9.26. The van der Waals surface area contributed by atoms with Crippen LogP contribution in [-0.2, 0) is 20.4 Å². The van der Waals surface area contributed by atoms with Crippen LogP contribution in [0, 0.1) is 0 Å². The molecule has 1 saturated heterocycles. The maximum absolute atomic E-state index is 12.4. The van der Waals surface area contributed by atoms with Gasteiger partial charge in [-0.3, -0.25) is 4.79 Å². The van der Waals surface area contributed by atoms with Crippen molar-refractivity contribution in [3.63, 3.8) is 0 Å². The van der Waals surface area contributed by atoms with E-state index in [2.05, 4.69) is 51.3 Å². The quantitative estimate of drug-likeness (QED) is 0.482. The van der Waals surface area contributed by atoms with Crippen molar-refractivity contribution in [2.75, 3.05) is 26.8 Å². The van der Waals surface area contributed by atoms with E-state index in [0.29, 0.717) is 18.9 Å². The van der Waals surface area contributed by atoms with Crippen molar-refractivity contribution in [2.45, 2.75) is 83.0 Å². The Balaban J connectivity index is 1.45. The van der Waals surface area contributed by atoms with Gasteiger partial charge in [-0.05, 0) is 60.1 Å². The number of amides is 1. The van der Waals surface area contributed by atoms with Crippen LogP contribution in [0.5, 0.6) is 0 Å². The number of hydrogen-bond acceptors (Lipinski definition) is 4. The molecule has 32 heavy (non-hydrogen) atoms. The maximum Gasteiger partial charge on any atom is 0.222 e. The number of piperidine rings is 1. The van der Waals surface area contributed by atoms with E-state index in [0.717, 1.165) is 38.0 Å². The summed E-state index contributed by atoms with van der Waals surface area (Å²) in [6, 6.07) is 7.01. The first-order valence-corrected chi connectivity index (χ1v) is 13.0. The molecular weight excluding hydrogens is 416 g/mol. The zero-order valence-electron chi connectivity index (χ0n) is 20.4. The maximum atomic E-state index is 12.4. The van der Waals surface area contributed by atoms with Crippen molar-refractivity contribution in [1.82, 2.24) is 9.88 Å². The minimum Gasteiger partial charge on any atom is -0.385 e. The molecule has 1 aromatic heterocycles. The van der Waals surface area contributed by atoms with E-state index in [-0.39, 0.29) is 16.7 Å². The topological polar surface area (TPSA) is 42.4 Å². The van der Waals surface area contributed by atoms with Gasteiger partial charge in [-0.25, -0.2) is 4.98 Å². The van der Waals surface area contributed by atoms with Crippen LogP contribution >= 0.6 is 11.3 Å². The fourth-order valence-corrected chi connectivity index (χ4v) is 6.26. The molecule has 2 aliphatic rings. The van der Waals surface area contributed by atoms with Gasteiger partial charge in [0.05, 0.1) is 10.7 Å². The summed E-state index contributed by atoms with van der Waals surface area (Å²) >= 11 is 1.78. The van der Waals surface area contributed by atoms with E-state index in [4.69, 9.17) is 9.72 Å². The van der Waals surface area contributed by atoms with E-state index in [1.54, 1.807) is 18.4 Å². The molecule has 0 spiro atoms. The molecule has 0 radical (unpaired) electrons. The van der Waals surface area contributed by atoms with E-state index in [1.807, 2.05) is 4.90 Å². The number of carbonyl (C=O) groups excluding carboxylic acids is 1. The SMILES string of the molecule is COCCCC(=O)N1CCC(c2nc(-c3ccc4c(c3)C(C)(C)CCC4(C)C)cs2)CC1. The molecule has 0 N–H and O–H groups in total. The lowest BCUT2D eigenvalue weighted by molar-refractivity contribution is -0.132. The van der Waals surface area contributed by atoms with Gasteiger partial charge >= 0.3 is 0 Å². The Hall–Kier alpha value is -1.72. The molecule has 5 heteroatoms. The van der Waals surface area contributed by atoms with Crippen molar-refractivity contribution >= 4 is 17.2 Å². The van der Waals surface area contributed by atoms with E-state index < -0.39 is 0 Å². The second-order valence-electron chi connectivity index (χ2n) is 10.9. The first-order valence-electron chi connectivity index (χ1n) is 12.1. The molecule has 0 unspecified atom stereocenters. The summed E-state index contributed by atoms with van der Waals surface area (Å²) in [4.78, 5) is 19.5. The van der Waals surface area contributed by atoms with Crippen LogP contribution in [0.4, 0.5) is 0 Å². The Morgan fingerprint density at radius 2 is 1.81 bits per heavy atom. The average molecular weight is 455 g/mol. The molecule has 174 valence electrons. The van der Waals surface area contributed by atoms with E-state index in [1.165, 1.54) is 34.5 Å². The van der Waals surface area contributed by atoms with Crippen LogP contribution < -0.4 is 0 Å². The Labute approximate surface area is 197 Å². The number of nitrogens with zero attached hydrogens (tertiary/aromatic N) is 2. The molecular formula is C27H38N2O2S. The van der Waals surface area contributed by atoms with Gasteiger partial charge in [-0.2, -0.15) is 0 Å². The Morgan fingerprint density at radius 3 is 2.50 bits per heavy atom. The molecule has 0 saturated carbocycles. The van der Waals surface area contributed by atoms with Gasteiger partial charge in [0.25, 0.3) is 0 Å². The van der Waals surface area contributed by atoms with Crippen molar-refractivity contribution in [2.24, 2.45) is 0 Å². The zero-order chi connectivity index (χ0) is 22.9. The minimum atomic E-state index is 0.211. The number of fused-ring (bicyclic) bond motifs is 1. The summed E-state index contributed by atoms with van der Waals surface area (Å²) in [5.74, 6) is 0.727. The molecule has 0 bridgehead atoms. The Morgan fingerprint density at radius 1 is 1.12 bits per heavy atom. The summed E-state index contributed by atoms with van der Waals surface area (Å²) in [5.41, 5.74) is 5.78. The third kappa shape index (κ3) is 4.79. The minimum absolute atomic E-state index is 0.211. The first kappa shape index (κ1) is 23.4. The molecule has 0 atom stereocenters. The second-order valence-corrected chi connectivity index (χ2v) is 11.7. The fraction of sp³-hybridized carbons (Fsp3) is 0.630. The average Bonchev–Trinajstić information content (AvgIpc) is 3.27. The number of likely N-dealkylation sites (tertiary alicyclic amines) is 1. The van der Waals surface area contributed by atoms with Crippen molar-refractivity contribution < 1.29 is 9.53 Å². The number of benzene rings is 1. The molecule has 4 nitrogen and oxygen atoms in total. The lowest BCUT2D eigenvalue weighted by Gasteiger charge is -2.42. The molecule has 1 aliphatic heterocycles. The van der Waals surface area contributed by atoms with Gasteiger partial charge in [0.1, 0.15) is 0 Å². The molecule has 4 rings (SSSR count). The molecule has 1 fully saturated rings. The molecule has 1 amide bonds. The van der Waals surface area contributed by atoms with E-state index in [9.17, 15) is 4.79 Å². The van der Waals surface area contributed by atoms with Gasteiger partial charge in [0.15, 0.2) is 0 Å². The highest BCUT2D eigenvalue weighted by atomic mass is 32.1. The van der Waals surface area contributed by atoms with Crippen LogP contribution in [0.3, 0.4) is 0 Å². The van der Waals surface area contributed by atoms with Gasteiger partial charge in [-0.1, -0.05) is 39.8 Å². The summed E-state index contributed by atoms with van der Waals surface area (Å²) in [5, 5.41) is 3.45. The van der Waals surface area contributed by atoms with Crippen LogP contribution in [0.1, 0.15) is 88.3 Å². The lowest BCUT2D eigenvalue weighted by Crippen LogP contribution is -2.37. The van der Waals surface area contributed by atoms with Gasteiger partial charge in [0.2, 0.25) is 5.91 Å². The number of ether oxygens (including phenoxy) is 1. The number of methoxy groups -OCH3 is 1. The summed E-state index contributed by atoms with van der Waals surface area (Å²) in [6.07, 6.45) is 5.87. The Bertz CT molecular complexity index is 954. The number of aromatic nitrogens is 1. The predicted molar refractivity (Wildman–Crippen MR) is 133 cm³/mol. The van der Waals surface area contributed by atoms with Gasteiger partial charge < -0.3 is 9.64 Å². The fourth-order valence-electron chi connectivity index (χ4n) is 5.26.